The van der Waals surface area contributed by atoms with Gasteiger partial charge in [-0.3, -0.25) is 4.90 Å². The summed E-state index contributed by atoms with van der Waals surface area (Å²) < 4.78 is 0.718. The highest BCUT2D eigenvalue weighted by atomic mass is 127. The molecule has 1 unspecified atom stereocenters. The first-order valence-corrected chi connectivity index (χ1v) is 6.43. The van der Waals surface area contributed by atoms with Crippen molar-refractivity contribution in [3.63, 3.8) is 0 Å². The van der Waals surface area contributed by atoms with Gasteiger partial charge in [0.1, 0.15) is 0 Å². The zero-order valence-corrected chi connectivity index (χ0v) is 10.7. The minimum atomic E-state index is 0.673. The van der Waals surface area contributed by atoms with Crippen molar-refractivity contribution in [3.05, 3.63) is 0 Å². The SMILES string of the molecule is CC(I)N1CC2(CCCN(C)C2)C1. The summed E-state index contributed by atoms with van der Waals surface area (Å²) in [4.78, 5) is 5.08. The molecule has 1 spiro atoms. The van der Waals surface area contributed by atoms with Gasteiger partial charge in [0.15, 0.2) is 0 Å². The third-order valence-corrected chi connectivity index (χ3v) is 4.22. The third-order valence-electron chi connectivity index (χ3n) is 3.43. The maximum Gasteiger partial charge on any atom is 0.0590 e. The summed E-state index contributed by atoms with van der Waals surface area (Å²) in [6.07, 6.45) is 2.86. The van der Waals surface area contributed by atoms with E-state index in [2.05, 4.69) is 46.4 Å². The zero-order chi connectivity index (χ0) is 9.47. The quantitative estimate of drug-likeness (QED) is 0.413. The molecule has 0 aromatic heterocycles. The van der Waals surface area contributed by atoms with Crippen LogP contribution >= 0.6 is 22.6 Å². The lowest BCUT2D eigenvalue weighted by Gasteiger charge is -2.55. The van der Waals surface area contributed by atoms with Gasteiger partial charge in [0, 0.05) is 25.0 Å². The van der Waals surface area contributed by atoms with Crippen LogP contribution in [-0.2, 0) is 0 Å². The van der Waals surface area contributed by atoms with E-state index in [0.717, 1.165) is 4.05 Å². The summed E-state index contributed by atoms with van der Waals surface area (Å²) in [7, 11) is 2.26. The van der Waals surface area contributed by atoms with E-state index in [9.17, 15) is 0 Å². The number of piperidine rings is 1. The van der Waals surface area contributed by atoms with Crippen molar-refractivity contribution in [1.29, 1.82) is 0 Å². The number of rotatable bonds is 1. The smallest absolute Gasteiger partial charge is 0.0590 e. The van der Waals surface area contributed by atoms with Gasteiger partial charge in [-0.2, -0.15) is 0 Å². The van der Waals surface area contributed by atoms with Gasteiger partial charge in [-0.15, -0.1) is 0 Å². The van der Waals surface area contributed by atoms with Gasteiger partial charge in [-0.05, 0) is 33.4 Å². The number of likely N-dealkylation sites (tertiary alicyclic amines) is 2. The maximum absolute atomic E-state index is 2.58. The Morgan fingerprint density at radius 1 is 1.31 bits per heavy atom. The van der Waals surface area contributed by atoms with Crippen LogP contribution in [0.1, 0.15) is 19.8 Å². The highest BCUT2D eigenvalue weighted by Gasteiger charge is 2.45. The van der Waals surface area contributed by atoms with Crippen molar-refractivity contribution in [2.45, 2.75) is 23.8 Å². The Bertz CT molecular complexity index is 187. The molecular weight excluding hydrogens is 275 g/mol. The van der Waals surface area contributed by atoms with Crippen LogP contribution in [0.3, 0.4) is 0 Å². The standard InChI is InChI=1S/C10H19IN2/c1-9(11)13-7-10(8-13)4-3-5-12(2)6-10/h9H,3-8H2,1-2H3. The average Bonchev–Trinajstić information content (AvgIpc) is 1.99. The van der Waals surface area contributed by atoms with Crippen LogP contribution in [0.5, 0.6) is 0 Å². The molecule has 0 bridgehead atoms. The van der Waals surface area contributed by atoms with E-state index >= 15 is 0 Å². The van der Waals surface area contributed by atoms with Crippen LogP contribution in [0.2, 0.25) is 0 Å². The molecule has 0 N–H and O–H groups in total. The number of nitrogens with zero attached hydrogens (tertiary/aromatic N) is 2. The largest absolute Gasteiger partial charge is 0.306 e. The molecule has 13 heavy (non-hydrogen) atoms. The van der Waals surface area contributed by atoms with Gasteiger partial charge in [0.05, 0.1) is 4.05 Å². The summed E-state index contributed by atoms with van der Waals surface area (Å²) in [5.41, 5.74) is 0.673. The lowest BCUT2D eigenvalue weighted by Crippen LogP contribution is -2.63. The summed E-state index contributed by atoms with van der Waals surface area (Å²) in [6, 6.07) is 0. The molecule has 1 atom stereocenters. The Morgan fingerprint density at radius 3 is 2.54 bits per heavy atom. The topological polar surface area (TPSA) is 6.48 Å². The fourth-order valence-electron chi connectivity index (χ4n) is 2.78. The predicted molar refractivity (Wildman–Crippen MR) is 64.2 cm³/mol. The third kappa shape index (κ3) is 2.02. The van der Waals surface area contributed by atoms with Crippen molar-refractivity contribution in [1.82, 2.24) is 9.80 Å². The minimum Gasteiger partial charge on any atom is -0.306 e. The number of hydrogen-bond donors (Lipinski definition) is 0. The fourth-order valence-corrected chi connectivity index (χ4v) is 3.17. The number of hydrogen-bond acceptors (Lipinski definition) is 2. The Hall–Kier alpha value is 0.650. The van der Waals surface area contributed by atoms with Gasteiger partial charge in [-0.25, -0.2) is 0 Å². The molecule has 0 aromatic rings. The Labute approximate surface area is 94.8 Å². The molecule has 2 nitrogen and oxygen atoms in total. The molecule has 2 rings (SSSR count). The molecule has 3 heteroatoms. The van der Waals surface area contributed by atoms with Gasteiger partial charge >= 0.3 is 0 Å². The van der Waals surface area contributed by atoms with Crippen LogP contribution in [0, 0.1) is 5.41 Å². The first-order chi connectivity index (χ1) is 6.11. The fraction of sp³-hybridized carbons (Fsp3) is 1.00. The molecule has 0 saturated carbocycles. The number of halogens is 1. The van der Waals surface area contributed by atoms with Crippen LogP contribution in [0.4, 0.5) is 0 Å². The molecule has 0 aromatic carbocycles. The van der Waals surface area contributed by atoms with Crippen molar-refractivity contribution >= 4 is 22.6 Å². The van der Waals surface area contributed by atoms with Crippen molar-refractivity contribution < 1.29 is 0 Å². The molecule has 0 amide bonds. The van der Waals surface area contributed by atoms with Crippen molar-refractivity contribution in [2.75, 3.05) is 33.2 Å². The zero-order valence-electron chi connectivity index (χ0n) is 8.59. The van der Waals surface area contributed by atoms with E-state index in [1.165, 1.54) is 39.0 Å². The van der Waals surface area contributed by atoms with E-state index in [-0.39, 0.29) is 0 Å². The molecule has 76 valence electrons. The summed E-state index contributed by atoms with van der Waals surface area (Å²) >= 11 is 2.52. The second-order valence-electron chi connectivity index (χ2n) is 4.82. The van der Waals surface area contributed by atoms with E-state index in [4.69, 9.17) is 0 Å². The maximum atomic E-state index is 2.58. The molecule has 2 saturated heterocycles. The van der Waals surface area contributed by atoms with Gasteiger partial charge in [-0.1, -0.05) is 22.6 Å². The molecule has 2 heterocycles. The van der Waals surface area contributed by atoms with E-state index in [0.29, 0.717) is 5.41 Å². The Balaban J connectivity index is 1.88. The van der Waals surface area contributed by atoms with Gasteiger partial charge in [0.2, 0.25) is 0 Å². The van der Waals surface area contributed by atoms with Crippen LogP contribution in [-0.4, -0.2) is 47.1 Å². The number of alkyl halides is 1. The van der Waals surface area contributed by atoms with E-state index < -0.39 is 0 Å². The molecule has 2 fully saturated rings. The molecule has 0 radical (unpaired) electrons. The highest BCUT2D eigenvalue weighted by Crippen LogP contribution is 2.40. The predicted octanol–water partition coefficient (Wildman–Crippen LogP) is 1.79. The normalized spacial score (nSPS) is 31.6. The first-order valence-electron chi connectivity index (χ1n) is 5.18. The summed E-state index contributed by atoms with van der Waals surface area (Å²) in [5.74, 6) is 0. The van der Waals surface area contributed by atoms with Gasteiger partial charge < -0.3 is 4.90 Å². The lowest BCUT2D eigenvalue weighted by atomic mass is 9.73. The lowest BCUT2D eigenvalue weighted by molar-refractivity contribution is -0.0486. The summed E-state index contributed by atoms with van der Waals surface area (Å²) in [6.45, 7) is 7.59. The molecule has 2 aliphatic rings. The monoisotopic (exact) mass is 294 g/mol. The van der Waals surface area contributed by atoms with Crippen molar-refractivity contribution in [3.8, 4) is 0 Å². The highest BCUT2D eigenvalue weighted by molar-refractivity contribution is 14.1. The van der Waals surface area contributed by atoms with Crippen LogP contribution in [0.25, 0.3) is 0 Å². The molecule has 0 aliphatic carbocycles. The minimum absolute atomic E-state index is 0.673. The average molecular weight is 294 g/mol. The second kappa shape index (κ2) is 3.66. The van der Waals surface area contributed by atoms with Crippen LogP contribution < -0.4 is 0 Å². The summed E-state index contributed by atoms with van der Waals surface area (Å²) in [5, 5.41) is 0. The molecule has 2 aliphatic heterocycles. The molecular formula is C10H19IN2. The van der Waals surface area contributed by atoms with E-state index in [1.807, 2.05) is 0 Å². The second-order valence-corrected chi connectivity index (χ2v) is 6.62. The Morgan fingerprint density at radius 2 is 2.00 bits per heavy atom. The van der Waals surface area contributed by atoms with Gasteiger partial charge in [0.25, 0.3) is 0 Å². The van der Waals surface area contributed by atoms with Crippen molar-refractivity contribution in [2.24, 2.45) is 5.41 Å². The van der Waals surface area contributed by atoms with E-state index in [1.54, 1.807) is 0 Å². The first kappa shape index (κ1) is 10.2. The van der Waals surface area contributed by atoms with Crippen LogP contribution in [0.15, 0.2) is 0 Å². The Kier molecular flexibility index (Phi) is 2.87.